The molecule has 0 radical (unpaired) electrons. The third-order valence-electron chi connectivity index (χ3n) is 2.48. The van der Waals surface area contributed by atoms with Gasteiger partial charge < -0.3 is 0 Å². The van der Waals surface area contributed by atoms with Gasteiger partial charge in [0.15, 0.2) is 0 Å². The number of alkyl halides is 6. The molecule has 0 fully saturated rings. The van der Waals surface area contributed by atoms with Crippen molar-refractivity contribution >= 4 is 69.6 Å². The fourth-order valence-electron chi connectivity index (χ4n) is 1.39. The Kier molecular flexibility index (Phi) is 12.7. The van der Waals surface area contributed by atoms with Gasteiger partial charge in [-0.25, -0.2) is 0 Å². The summed E-state index contributed by atoms with van der Waals surface area (Å²) in [7, 11) is 0. The van der Waals surface area contributed by atoms with E-state index in [2.05, 4.69) is 0 Å². The van der Waals surface area contributed by atoms with Crippen LogP contribution in [0.2, 0.25) is 0 Å². The molecule has 6 heteroatoms. The molecular formula is C11H18Cl6. The molecule has 0 aromatic carbocycles. The molecule has 0 spiro atoms. The van der Waals surface area contributed by atoms with Crippen LogP contribution in [0.15, 0.2) is 0 Å². The lowest BCUT2D eigenvalue weighted by Gasteiger charge is -2.17. The average Bonchev–Trinajstić information content (AvgIpc) is 2.34. The van der Waals surface area contributed by atoms with Crippen LogP contribution in [-0.4, -0.2) is 33.3 Å². The molecule has 17 heavy (non-hydrogen) atoms. The summed E-state index contributed by atoms with van der Waals surface area (Å²) >= 11 is 35.4. The molecule has 0 aromatic heterocycles. The maximum Gasteiger partial charge on any atom is 0.0500 e. The van der Waals surface area contributed by atoms with Gasteiger partial charge in [0.25, 0.3) is 0 Å². The molecule has 0 rings (SSSR count). The van der Waals surface area contributed by atoms with E-state index < -0.39 is 0 Å². The van der Waals surface area contributed by atoms with Gasteiger partial charge in [-0.05, 0) is 25.7 Å². The second-order valence-corrected chi connectivity index (χ2v) is 7.02. The predicted molar refractivity (Wildman–Crippen MR) is 83.1 cm³/mol. The van der Waals surface area contributed by atoms with Gasteiger partial charge in [0.05, 0.1) is 0 Å². The molecule has 0 saturated carbocycles. The van der Waals surface area contributed by atoms with Crippen LogP contribution in [0, 0.1) is 0 Å². The Morgan fingerprint density at radius 1 is 0.588 bits per heavy atom. The quantitative estimate of drug-likeness (QED) is 0.428. The fourth-order valence-corrected chi connectivity index (χ4v) is 2.51. The molecule has 0 amide bonds. The van der Waals surface area contributed by atoms with Crippen molar-refractivity contribution in [1.82, 2.24) is 0 Å². The predicted octanol–water partition coefficient (Wildman–Crippen LogP) is 5.84. The molecular weight excluding hydrogens is 345 g/mol. The monoisotopic (exact) mass is 360 g/mol. The van der Waals surface area contributed by atoms with Crippen molar-refractivity contribution in [3.63, 3.8) is 0 Å². The molecule has 4 atom stereocenters. The summed E-state index contributed by atoms with van der Waals surface area (Å²) < 4.78 is 0. The summed E-state index contributed by atoms with van der Waals surface area (Å²) in [6.07, 6.45) is 4.25. The molecule has 0 nitrogen and oxygen atoms in total. The lowest BCUT2D eigenvalue weighted by molar-refractivity contribution is 0.589. The molecule has 104 valence electrons. The first-order chi connectivity index (χ1) is 8.01. The third kappa shape index (κ3) is 10.2. The highest BCUT2D eigenvalue weighted by molar-refractivity contribution is 6.30. The Morgan fingerprint density at radius 2 is 1.06 bits per heavy atom. The van der Waals surface area contributed by atoms with Crippen molar-refractivity contribution in [1.29, 1.82) is 0 Å². The van der Waals surface area contributed by atoms with Crippen molar-refractivity contribution in [3.8, 4) is 0 Å². The molecule has 0 aliphatic carbocycles. The average molecular weight is 363 g/mol. The van der Waals surface area contributed by atoms with Crippen LogP contribution in [0.4, 0.5) is 0 Å². The Hall–Kier alpha value is 1.74. The minimum absolute atomic E-state index is 0.0229. The molecule has 4 unspecified atom stereocenters. The summed E-state index contributed by atoms with van der Waals surface area (Å²) in [5.41, 5.74) is 0. The Balaban J connectivity index is 3.63. The van der Waals surface area contributed by atoms with Crippen molar-refractivity contribution < 1.29 is 0 Å². The number of hydrogen-bond donors (Lipinski definition) is 0. The van der Waals surface area contributed by atoms with E-state index >= 15 is 0 Å². The molecule has 0 aliphatic heterocycles. The molecule has 0 saturated heterocycles. The van der Waals surface area contributed by atoms with Gasteiger partial charge in [0.1, 0.15) is 0 Å². The normalized spacial score (nSPS) is 18.7. The largest absolute Gasteiger partial charge is 0.125 e. The Labute approximate surface area is 134 Å². The van der Waals surface area contributed by atoms with Crippen molar-refractivity contribution in [3.05, 3.63) is 0 Å². The summed E-state index contributed by atoms with van der Waals surface area (Å²) in [6.45, 7) is 0. The van der Waals surface area contributed by atoms with Crippen LogP contribution in [0.5, 0.6) is 0 Å². The van der Waals surface area contributed by atoms with E-state index in [-0.39, 0.29) is 21.5 Å². The van der Waals surface area contributed by atoms with Crippen LogP contribution in [0.25, 0.3) is 0 Å². The molecule has 0 N–H and O–H groups in total. The molecule has 0 aliphatic rings. The van der Waals surface area contributed by atoms with E-state index in [0.29, 0.717) is 11.8 Å². The summed E-state index contributed by atoms with van der Waals surface area (Å²) in [5.74, 6) is 0.921. The Morgan fingerprint density at radius 3 is 1.59 bits per heavy atom. The summed E-state index contributed by atoms with van der Waals surface area (Å²) in [4.78, 5) is 0. The molecule has 0 bridgehead atoms. The van der Waals surface area contributed by atoms with E-state index in [1.54, 1.807) is 0 Å². The van der Waals surface area contributed by atoms with Crippen LogP contribution < -0.4 is 0 Å². The van der Waals surface area contributed by atoms with Gasteiger partial charge in [0.2, 0.25) is 0 Å². The van der Waals surface area contributed by atoms with Crippen molar-refractivity contribution in [2.24, 2.45) is 0 Å². The Bertz CT molecular complexity index is 177. The standard InChI is InChI=1S/C11H18Cl6/c12-6-8(14)2-1-3-10(16)11(17)5-4-9(15)7-13/h8-11H,1-7H2. The maximum atomic E-state index is 6.20. The lowest BCUT2D eigenvalue weighted by Crippen LogP contribution is -2.17. The zero-order valence-corrected chi connectivity index (χ0v) is 14.1. The fraction of sp³-hybridized carbons (Fsp3) is 1.00. The van der Waals surface area contributed by atoms with Gasteiger partial charge in [-0.15, -0.1) is 69.6 Å². The van der Waals surface area contributed by atoms with Gasteiger partial charge in [0, 0.05) is 33.3 Å². The summed E-state index contributed by atoms with van der Waals surface area (Å²) in [6, 6.07) is 0. The van der Waals surface area contributed by atoms with Gasteiger partial charge in [-0.1, -0.05) is 6.42 Å². The van der Waals surface area contributed by atoms with E-state index in [1.807, 2.05) is 0 Å². The SMILES string of the molecule is ClCC(Cl)CCCC(Cl)C(Cl)CCC(Cl)CCl. The van der Waals surface area contributed by atoms with Crippen LogP contribution in [0.3, 0.4) is 0 Å². The van der Waals surface area contributed by atoms with E-state index in [4.69, 9.17) is 69.6 Å². The highest BCUT2D eigenvalue weighted by Crippen LogP contribution is 2.23. The van der Waals surface area contributed by atoms with Gasteiger partial charge in [-0.2, -0.15) is 0 Å². The first-order valence-corrected chi connectivity index (χ1v) is 8.51. The second-order valence-electron chi connectivity index (χ2n) is 4.04. The zero-order valence-electron chi connectivity index (χ0n) is 9.53. The topological polar surface area (TPSA) is 0 Å². The van der Waals surface area contributed by atoms with Gasteiger partial charge in [-0.3, -0.25) is 0 Å². The number of rotatable bonds is 10. The van der Waals surface area contributed by atoms with Crippen molar-refractivity contribution in [2.75, 3.05) is 11.8 Å². The maximum absolute atomic E-state index is 6.20. The first kappa shape index (κ1) is 18.7. The van der Waals surface area contributed by atoms with Gasteiger partial charge >= 0.3 is 0 Å². The highest BCUT2D eigenvalue weighted by atomic mass is 35.5. The van der Waals surface area contributed by atoms with Crippen LogP contribution in [-0.2, 0) is 0 Å². The minimum atomic E-state index is -0.0640. The smallest absolute Gasteiger partial charge is 0.0500 e. The lowest BCUT2D eigenvalue weighted by atomic mass is 10.1. The van der Waals surface area contributed by atoms with Crippen LogP contribution in [0.1, 0.15) is 32.1 Å². The molecule has 0 heterocycles. The molecule has 0 aromatic rings. The zero-order chi connectivity index (χ0) is 13.3. The second kappa shape index (κ2) is 11.6. The van der Waals surface area contributed by atoms with E-state index in [1.165, 1.54) is 0 Å². The first-order valence-electron chi connectivity index (χ1n) is 5.69. The third-order valence-corrected chi connectivity index (χ3v) is 5.46. The van der Waals surface area contributed by atoms with E-state index in [9.17, 15) is 0 Å². The van der Waals surface area contributed by atoms with E-state index in [0.717, 1.165) is 32.1 Å². The van der Waals surface area contributed by atoms with Crippen molar-refractivity contribution in [2.45, 2.75) is 53.6 Å². The number of halogens is 6. The van der Waals surface area contributed by atoms with Crippen LogP contribution >= 0.6 is 69.6 Å². The minimum Gasteiger partial charge on any atom is -0.125 e. The summed E-state index contributed by atoms with van der Waals surface area (Å²) in [5, 5.41) is -0.107. The highest BCUT2D eigenvalue weighted by Gasteiger charge is 2.18. The number of hydrogen-bond acceptors (Lipinski definition) is 0.